The molecule has 1 N–H and O–H groups in total. The van der Waals surface area contributed by atoms with E-state index in [9.17, 15) is 0 Å². The largest absolute Gasteiger partial charge is 0.404 e. The van der Waals surface area contributed by atoms with E-state index in [0.29, 0.717) is 33.6 Å². The van der Waals surface area contributed by atoms with E-state index in [2.05, 4.69) is 30.7 Å². The summed E-state index contributed by atoms with van der Waals surface area (Å²) in [6.45, 7) is 2.27. The van der Waals surface area contributed by atoms with Gasteiger partial charge in [-0.2, -0.15) is 19.0 Å². The Balaban J connectivity index is 1.40. The van der Waals surface area contributed by atoms with Crippen molar-refractivity contribution < 1.29 is 8.78 Å². The van der Waals surface area contributed by atoms with Crippen LogP contribution in [-0.2, 0) is 19.6 Å². The van der Waals surface area contributed by atoms with Gasteiger partial charge in [0.15, 0.2) is 5.82 Å². The predicted molar refractivity (Wildman–Crippen MR) is 129 cm³/mol. The van der Waals surface area contributed by atoms with Crippen LogP contribution in [0.25, 0.3) is 22.6 Å². The summed E-state index contributed by atoms with van der Waals surface area (Å²) in [5, 5.41) is 19.6. The van der Waals surface area contributed by atoms with Gasteiger partial charge in [-0.25, -0.2) is 9.67 Å². The average molecular weight is 531 g/mol. The van der Waals surface area contributed by atoms with Crippen LogP contribution in [0, 0.1) is 0 Å². The fraction of sp³-hybridized carbons (Fsp3) is 0.227. The minimum atomic E-state index is -3.54. The zero-order valence-corrected chi connectivity index (χ0v) is 20.5. The number of pyridine rings is 1. The molecule has 0 radical (unpaired) electrons. The molecule has 10 nitrogen and oxygen atoms in total. The predicted octanol–water partition coefficient (Wildman–Crippen LogP) is 4.96. The van der Waals surface area contributed by atoms with E-state index in [1.807, 2.05) is 42.9 Å². The molecule has 5 aromatic heterocycles. The molecule has 0 fully saturated rings. The van der Waals surface area contributed by atoms with Crippen molar-refractivity contribution in [1.82, 2.24) is 43.9 Å². The van der Waals surface area contributed by atoms with Crippen molar-refractivity contribution in [3.63, 3.8) is 0 Å². The molecule has 0 aromatic carbocycles. The Kier molecular flexibility index (Phi) is 5.12. The van der Waals surface area contributed by atoms with Gasteiger partial charge in [0, 0.05) is 43.2 Å². The third kappa shape index (κ3) is 3.56. The maximum absolute atomic E-state index is 15.3. The van der Waals surface area contributed by atoms with Crippen molar-refractivity contribution in [3.8, 4) is 22.6 Å². The van der Waals surface area contributed by atoms with Crippen LogP contribution < -0.4 is 5.32 Å². The number of fused-ring (bicyclic) bond motifs is 3. The SMILES string of the molecule is C[C@H]1Cn2cc(-c3cc(Nc4ccnn4C)ncc3Cl)cc2-c2nnc(C(F)(F)n3cc(Cl)cn3)n21. The molecule has 14 heteroatoms. The number of nitrogens with one attached hydrogen (secondary N) is 1. The van der Waals surface area contributed by atoms with E-state index in [-0.39, 0.29) is 11.1 Å². The van der Waals surface area contributed by atoms with Crippen molar-refractivity contribution in [2.24, 2.45) is 7.05 Å². The van der Waals surface area contributed by atoms with Crippen LogP contribution in [0.4, 0.5) is 20.4 Å². The summed E-state index contributed by atoms with van der Waals surface area (Å²) in [4.78, 5) is 4.35. The number of halogens is 4. The Morgan fingerprint density at radius 2 is 1.94 bits per heavy atom. The molecule has 36 heavy (non-hydrogen) atoms. The standard InChI is InChI=1S/C22H18Cl2F2N10/c1-12-9-34-10-13(15-6-18(27-8-16(15)24)30-19-3-4-28-33(19)2)5-17(34)20-31-32-21(36(12)20)22(25,26)35-11-14(23)7-29-35/h3-8,10-12H,9H2,1-2H3,(H,27,30)/t12-/m0/s1. The second kappa shape index (κ2) is 8.14. The Morgan fingerprint density at radius 1 is 1.11 bits per heavy atom. The van der Waals surface area contributed by atoms with Crippen LogP contribution in [0.2, 0.25) is 10.0 Å². The minimum absolute atomic E-state index is 0.103. The van der Waals surface area contributed by atoms with Crippen LogP contribution >= 0.6 is 23.2 Å². The fourth-order valence-electron chi connectivity index (χ4n) is 4.36. The summed E-state index contributed by atoms with van der Waals surface area (Å²) in [6.07, 6.45) is 7.37. The Labute approximate surface area is 213 Å². The van der Waals surface area contributed by atoms with E-state index in [4.69, 9.17) is 23.2 Å². The number of anilines is 2. The monoisotopic (exact) mass is 530 g/mol. The zero-order valence-electron chi connectivity index (χ0n) is 18.9. The number of rotatable bonds is 5. The number of hydrogen-bond donors (Lipinski definition) is 1. The molecule has 0 saturated carbocycles. The first-order chi connectivity index (χ1) is 17.2. The van der Waals surface area contributed by atoms with Crippen molar-refractivity contribution >= 4 is 34.8 Å². The first-order valence-electron chi connectivity index (χ1n) is 10.9. The summed E-state index contributed by atoms with van der Waals surface area (Å²) in [7, 11) is 1.82. The molecule has 5 aromatic rings. The Bertz CT molecular complexity index is 1600. The van der Waals surface area contributed by atoms with Crippen molar-refractivity contribution in [1.29, 1.82) is 0 Å². The second-order valence-electron chi connectivity index (χ2n) is 8.49. The van der Waals surface area contributed by atoms with Crippen molar-refractivity contribution in [2.75, 3.05) is 5.32 Å². The second-order valence-corrected chi connectivity index (χ2v) is 9.34. The third-order valence-corrected chi connectivity index (χ3v) is 6.57. The highest BCUT2D eigenvalue weighted by atomic mass is 35.5. The van der Waals surface area contributed by atoms with Crippen molar-refractivity contribution in [3.05, 3.63) is 65.1 Å². The quantitative estimate of drug-likeness (QED) is 0.345. The maximum Gasteiger partial charge on any atom is 0.404 e. The lowest BCUT2D eigenvalue weighted by molar-refractivity contribution is -0.0610. The normalized spacial score (nSPS) is 15.1. The number of hydrogen-bond acceptors (Lipinski definition) is 6. The van der Waals surface area contributed by atoms with Gasteiger partial charge in [0.05, 0.1) is 40.4 Å². The summed E-state index contributed by atoms with van der Waals surface area (Å²) in [5.74, 6) is 1.16. The summed E-state index contributed by atoms with van der Waals surface area (Å²) in [6, 6.07) is 1.63. The number of nitrogens with zero attached hydrogens (tertiary/aromatic N) is 9. The third-order valence-electron chi connectivity index (χ3n) is 6.07. The van der Waals surface area contributed by atoms with Crippen LogP contribution in [0.3, 0.4) is 0 Å². The minimum Gasteiger partial charge on any atom is -0.342 e. The molecule has 0 amide bonds. The molecule has 1 atom stereocenters. The molecule has 1 aliphatic rings. The molecular weight excluding hydrogens is 513 g/mol. The zero-order chi connectivity index (χ0) is 25.2. The molecule has 0 aliphatic carbocycles. The van der Waals surface area contributed by atoms with Gasteiger partial charge in [0.1, 0.15) is 11.6 Å². The van der Waals surface area contributed by atoms with E-state index in [1.165, 1.54) is 4.57 Å². The lowest BCUT2D eigenvalue weighted by Crippen LogP contribution is -2.32. The van der Waals surface area contributed by atoms with Gasteiger partial charge < -0.3 is 9.88 Å². The molecule has 0 bridgehead atoms. The van der Waals surface area contributed by atoms with Gasteiger partial charge in [-0.05, 0) is 19.1 Å². The smallest absolute Gasteiger partial charge is 0.342 e. The van der Waals surface area contributed by atoms with Crippen LogP contribution in [0.15, 0.2) is 49.2 Å². The highest BCUT2D eigenvalue weighted by Gasteiger charge is 2.44. The first kappa shape index (κ1) is 22.7. The molecule has 0 saturated heterocycles. The van der Waals surface area contributed by atoms with E-state index in [1.54, 1.807) is 17.1 Å². The van der Waals surface area contributed by atoms with Gasteiger partial charge in [-0.3, -0.25) is 9.25 Å². The lowest BCUT2D eigenvalue weighted by atomic mass is 10.1. The summed E-state index contributed by atoms with van der Waals surface area (Å²) < 4.78 is 36.2. The molecule has 0 spiro atoms. The summed E-state index contributed by atoms with van der Waals surface area (Å²) >= 11 is 12.3. The highest BCUT2D eigenvalue weighted by Crippen LogP contribution is 2.40. The van der Waals surface area contributed by atoms with E-state index in [0.717, 1.165) is 29.3 Å². The number of alkyl halides is 2. The maximum atomic E-state index is 15.3. The Hall–Kier alpha value is -3.77. The molecule has 184 valence electrons. The van der Waals surface area contributed by atoms with Gasteiger partial charge in [0.2, 0.25) is 5.82 Å². The summed E-state index contributed by atoms with van der Waals surface area (Å²) in [5.41, 5.74) is 2.17. The molecule has 6 rings (SSSR count). The van der Waals surface area contributed by atoms with Crippen LogP contribution in [-0.4, -0.2) is 43.9 Å². The number of aryl methyl sites for hydroxylation is 1. The number of aromatic nitrogens is 9. The topological polar surface area (TPSA) is 96.2 Å². The average Bonchev–Trinajstić information content (AvgIpc) is 3.62. The lowest BCUT2D eigenvalue weighted by Gasteiger charge is -2.27. The fourth-order valence-corrected chi connectivity index (χ4v) is 4.71. The molecule has 0 unspecified atom stereocenters. The highest BCUT2D eigenvalue weighted by molar-refractivity contribution is 6.33. The van der Waals surface area contributed by atoms with Gasteiger partial charge in [0.25, 0.3) is 0 Å². The van der Waals surface area contributed by atoms with Crippen LogP contribution in [0.1, 0.15) is 18.8 Å². The molecular formula is C22H18Cl2F2N10. The van der Waals surface area contributed by atoms with E-state index < -0.39 is 11.9 Å². The molecule has 6 heterocycles. The van der Waals surface area contributed by atoms with Gasteiger partial charge >= 0.3 is 6.05 Å². The van der Waals surface area contributed by atoms with Gasteiger partial charge in [-0.1, -0.05) is 23.2 Å². The first-order valence-corrected chi connectivity index (χ1v) is 11.6. The molecule has 1 aliphatic heterocycles. The van der Waals surface area contributed by atoms with Gasteiger partial charge in [-0.15, -0.1) is 10.2 Å². The Morgan fingerprint density at radius 3 is 2.67 bits per heavy atom. The van der Waals surface area contributed by atoms with E-state index >= 15 is 8.78 Å². The van der Waals surface area contributed by atoms with Crippen LogP contribution in [0.5, 0.6) is 0 Å². The van der Waals surface area contributed by atoms with Crippen molar-refractivity contribution in [2.45, 2.75) is 25.6 Å².